The number of benzene rings is 2. The van der Waals surface area contributed by atoms with E-state index in [1.807, 2.05) is 60.7 Å². The Balaban J connectivity index is 1.45. The first-order valence-corrected chi connectivity index (χ1v) is 7.83. The predicted octanol–water partition coefficient (Wildman–Crippen LogP) is 4.25. The monoisotopic (exact) mass is 330 g/mol. The van der Waals surface area contributed by atoms with Gasteiger partial charge in [-0.1, -0.05) is 54.6 Å². The van der Waals surface area contributed by atoms with E-state index < -0.39 is 5.97 Å². The van der Waals surface area contributed by atoms with Crippen LogP contribution >= 0.6 is 0 Å². The number of esters is 1. The van der Waals surface area contributed by atoms with Gasteiger partial charge in [-0.25, -0.2) is 14.8 Å². The average molecular weight is 330 g/mol. The van der Waals surface area contributed by atoms with Gasteiger partial charge in [0.1, 0.15) is 5.69 Å². The molecule has 0 atom stereocenters. The maximum absolute atomic E-state index is 12.2. The van der Waals surface area contributed by atoms with Crippen LogP contribution in [-0.4, -0.2) is 15.9 Å². The van der Waals surface area contributed by atoms with Gasteiger partial charge in [-0.3, -0.25) is 0 Å². The van der Waals surface area contributed by atoms with E-state index >= 15 is 0 Å². The number of oxazole rings is 1. The van der Waals surface area contributed by atoms with Gasteiger partial charge in [-0.05, 0) is 12.1 Å². The summed E-state index contributed by atoms with van der Waals surface area (Å²) in [4.78, 5) is 20.6. The second-order valence-corrected chi connectivity index (χ2v) is 5.45. The second-order valence-electron chi connectivity index (χ2n) is 5.45. The number of aromatic nitrogens is 2. The van der Waals surface area contributed by atoms with Crippen LogP contribution in [0.4, 0.5) is 0 Å². The van der Waals surface area contributed by atoms with Crippen molar-refractivity contribution >= 4 is 16.9 Å². The van der Waals surface area contributed by atoms with Crippen molar-refractivity contribution in [3.63, 3.8) is 0 Å². The molecule has 0 aliphatic carbocycles. The number of carbonyl (C=O) groups excluding carboxylic acids is 1. The first kappa shape index (κ1) is 15.1. The molecule has 4 aromatic rings. The lowest BCUT2D eigenvalue weighted by Gasteiger charge is -2.03. The summed E-state index contributed by atoms with van der Waals surface area (Å²) in [6.45, 7) is -0.0415. The molecular formula is C20H14N2O3. The summed E-state index contributed by atoms with van der Waals surface area (Å²) in [7, 11) is 0. The first-order valence-electron chi connectivity index (χ1n) is 7.83. The molecule has 0 spiro atoms. The van der Waals surface area contributed by atoms with Gasteiger partial charge in [-0.15, -0.1) is 0 Å². The van der Waals surface area contributed by atoms with Gasteiger partial charge >= 0.3 is 5.97 Å². The molecule has 5 nitrogen and oxygen atoms in total. The van der Waals surface area contributed by atoms with Crippen LogP contribution in [0.2, 0.25) is 0 Å². The summed E-state index contributed by atoms with van der Waals surface area (Å²) >= 11 is 0. The number of fused-ring (bicyclic) bond motifs is 1. The average Bonchev–Trinajstić information content (AvgIpc) is 3.15. The van der Waals surface area contributed by atoms with Crippen LogP contribution in [-0.2, 0) is 11.3 Å². The number of rotatable bonds is 4. The highest BCUT2D eigenvalue weighted by molar-refractivity contribution is 5.90. The Morgan fingerprint density at radius 3 is 2.64 bits per heavy atom. The summed E-state index contributed by atoms with van der Waals surface area (Å²) in [5.41, 5.74) is 1.93. The molecule has 2 aromatic carbocycles. The number of nitrogens with zero attached hydrogens (tertiary/aromatic N) is 2. The van der Waals surface area contributed by atoms with Gasteiger partial charge in [0.25, 0.3) is 0 Å². The third-order valence-corrected chi connectivity index (χ3v) is 3.75. The number of pyridine rings is 1. The third-order valence-electron chi connectivity index (χ3n) is 3.75. The van der Waals surface area contributed by atoms with Gasteiger partial charge < -0.3 is 9.15 Å². The van der Waals surface area contributed by atoms with Crippen molar-refractivity contribution < 1.29 is 13.9 Å². The largest absolute Gasteiger partial charge is 0.451 e. The minimum absolute atomic E-state index is 0.0415. The van der Waals surface area contributed by atoms with Gasteiger partial charge in [0.2, 0.25) is 5.89 Å². The summed E-state index contributed by atoms with van der Waals surface area (Å²) in [5.74, 6) is 0.466. The van der Waals surface area contributed by atoms with E-state index in [0.717, 1.165) is 16.5 Å². The molecule has 0 fully saturated rings. The highest BCUT2D eigenvalue weighted by Crippen LogP contribution is 2.20. The molecule has 0 saturated carbocycles. The molecule has 0 aliphatic heterocycles. The molecule has 0 N–H and O–H groups in total. The third kappa shape index (κ3) is 3.26. The first-order chi connectivity index (χ1) is 12.3. The van der Waals surface area contributed by atoms with Crippen LogP contribution in [0.5, 0.6) is 0 Å². The van der Waals surface area contributed by atoms with Gasteiger partial charge in [0.05, 0.1) is 11.7 Å². The summed E-state index contributed by atoms with van der Waals surface area (Å²) in [5, 5.41) is 0.972. The Labute approximate surface area is 143 Å². The molecule has 0 bridgehead atoms. The number of para-hydroxylation sites is 1. The lowest BCUT2D eigenvalue weighted by atomic mass is 10.2. The lowest BCUT2D eigenvalue weighted by molar-refractivity contribution is 0.0432. The van der Waals surface area contributed by atoms with Crippen molar-refractivity contribution in [1.82, 2.24) is 9.97 Å². The van der Waals surface area contributed by atoms with Crippen LogP contribution in [0.15, 0.2) is 77.3 Å². The SMILES string of the molecule is O=C(OCc1ncc(-c2ccccc2)o1)c1ccc2ccccc2n1. The Kier molecular flexibility index (Phi) is 3.96. The molecule has 0 unspecified atom stereocenters. The van der Waals surface area contributed by atoms with Crippen molar-refractivity contribution in [1.29, 1.82) is 0 Å². The molecule has 25 heavy (non-hydrogen) atoms. The summed E-state index contributed by atoms with van der Waals surface area (Å²) < 4.78 is 10.9. The second kappa shape index (κ2) is 6.57. The van der Waals surface area contributed by atoms with Gasteiger partial charge in [0, 0.05) is 10.9 Å². The molecule has 5 heteroatoms. The van der Waals surface area contributed by atoms with E-state index in [1.165, 1.54) is 0 Å². The fraction of sp³-hybridized carbons (Fsp3) is 0.0500. The standard InChI is InChI=1S/C20H14N2O3/c23-20(17-11-10-14-6-4-5-9-16(14)22-17)24-13-19-21-12-18(25-19)15-7-2-1-3-8-15/h1-12H,13H2. The minimum Gasteiger partial charge on any atom is -0.451 e. The molecule has 0 radical (unpaired) electrons. The molecular weight excluding hydrogens is 316 g/mol. The molecule has 0 aliphatic rings. The summed E-state index contributed by atoms with van der Waals surface area (Å²) in [6.07, 6.45) is 1.62. The van der Waals surface area contributed by atoms with Crippen molar-refractivity contribution in [2.75, 3.05) is 0 Å². The topological polar surface area (TPSA) is 65.2 Å². The Morgan fingerprint density at radius 2 is 1.76 bits per heavy atom. The number of carbonyl (C=O) groups is 1. The van der Waals surface area contributed by atoms with Crippen molar-refractivity contribution in [2.45, 2.75) is 6.61 Å². The molecule has 2 aromatic heterocycles. The Bertz CT molecular complexity index is 1030. The quantitative estimate of drug-likeness (QED) is 0.523. The van der Waals surface area contributed by atoms with E-state index in [0.29, 0.717) is 11.7 Å². The van der Waals surface area contributed by atoms with Crippen LogP contribution in [0, 0.1) is 0 Å². The maximum atomic E-state index is 12.2. The number of hydrogen-bond donors (Lipinski definition) is 0. The smallest absolute Gasteiger partial charge is 0.357 e. The van der Waals surface area contributed by atoms with Gasteiger partial charge in [0.15, 0.2) is 12.4 Å². The minimum atomic E-state index is -0.509. The fourth-order valence-electron chi connectivity index (χ4n) is 2.49. The molecule has 0 amide bonds. The van der Waals surface area contributed by atoms with Crippen molar-refractivity contribution in [2.24, 2.45) is 0 Å². The van der Waals surface area contributed by atoms with E-state index in [4.69, 9.17) is 9.15 Å². The van der Waals surface area contributed by atoms with Crippen molar-refractivity contribution in [3.05, 3.63) is 84.5 Å². The molecule has 122 valence electrons. The molecule has 2 heterocycles. The predicted molar refractivity (Wildman–Crippen MR) is 92.8 cm³/mol. The molecule has 0 saturated heterocycles. The van der Waals surface area contributed by atoms with Crippen LogP contribution in [0.25, 0.3) is 22.2 Å². The van der Waals surface area contributed by atoms with E-state index in [2.05, 4.69) is 9.97 Å². The van der Waals surface area contributed by atoms with Gasteiger partial charge in [-0.2, -0.15) is 0 Å². The highest BCUT2D eigenvalue weighted by atomic mass is 16.5. The Hall–Kier alpha value is -3.47. The highest BCUT2D eigenvalue weighted by Gasteiger charge is 2.12. The van der Waals surface area contributed by atoms with Crippen molar-refractivity contribution in [3.8, 4) is 11.3 Å². The van der Waals surface area contributed by atoms with Crippen LogP contribution < -0.4 is 0 Å². The lowest BCUT2D eigenvalue weighted by Crippen LogP contribution is -2.07. The zero-order valence-corrected chi connectivity index (χ0v) is 13.3. The number of ether oxygens (including phenoxy) is 1. The van der Waals surface area contributed by atoms with E-state index in [-0.39, 0.29) is 12.3 Å². The van der Waals surface area contributed by atoms with E-state index in [9.17, 15) is 4.79 Å². The van der Waals surface area contributed by atoms with Crippen LogP contribution in [0.1, 0.15) is 16.4 Å². The maximum Gasteiger partial charge on any atom is 0.357 e. The zero-order chi connectivity index (χ0) is 17.1. The fourth-order valence-corrected chi connectivity index (χ4v) is 2.49. The zero-order valence-electron chi connectivity index (χ0n) is 13.3. The molecule has 4 rings (SSSR count). The van der Waals surface area contributed by atoms with E-state index in [1.54, 1.807) is 12.3 Å². The Morgan fingerprint density at radius 1 is 0.960 bits per heavy atom. The number of hydrogen-bond acceptors (Lipinski definition) is 5. The normalized spacial score (nSPS) is 10.7. The summed E-state index contributed by atoms with van der Waals surface area (Å²) in [6, 6.07) is 20.7. The van der Waals surface area contributed by atoms with Crippen LogP contribution in [0.3, 0.4) is 0 Å².